The van der Waals surface area contributed by atoms with Gasteiger partial charge in [0, 0.05) is 7.05 Å². The van der Waals surface area contributed by atoms with Crippen LogP contribution < -0.4 is 5.32 Å². The van der Waals surface area contributed by atoms with E-state index in [4.69, 9.17) is 5.26 Å². The average molecular weight is 152 g/mol. The maximum absolute atomic E-state index is 12.3. The summed E-state index contributed by atoms with van der Waals surface area (Å²) in [6.07, 6.45) is 0.294. The Labute approximate surface area is 62.7 Å². The summed E-state index contributed by atoms with van der Waals surface area (Å²) in [6, 6.07) is 1.82. The molecule has 4 nitrogen and oxygen atoms in total. The minimum absolute atomic E-state index is 0.208. The van der Waals surface area contributed by atoms with Gasteiger partial charge < -0.3 is 5.32 Å². The Morgan fingerprint density at radius 2 is 2.45 bits per heavy atom. The molecule has 11 heavy (non-hydrogen) atoms. The molecule has 0 bridgehead atoms. The predicted octanol–water partition coefficient (Wildman–Crippen LogP) is 0.529. The summed E-state index contributed by atoms with van der Waals surface area (Å²) in [4.78, 5) is 6.57. The number of nitrogens with zero attached hydrogens (tertiary/aromatic N) is 3. The number of nitriles is 1. The topological polar surface area (TPSA) is 61.6 Å². The highest BCUT2D eigenvalue weighted by atomic mass is 19.1. The van der Waals surface area contributed by atoms with Crippen LogP contribution in [0.4, 0.5) is 10.2 Å². The second-order valence-electron chi connectivity index (χ2n) is 1.76. The summed E-state index contributed by atoms with van der Waals surface area (Å²) in [5.41, 5.74) is 0.230. The Hall–Kier alpha value is -1.70. The first-order valence-corrected chi connectivity index (χ1v) is 2.88. The zero-order chi connectivity index (χ0) is 8.27. The minimum Gasteiger partial charge on any atom is -0.372 e. The fourth-order valence-corrected chi connectivity index (χ4v) is 0.633. The van der Waals surface area contributed by atoms with E-state index in [1.807, 2.05) is 6.07 Å². The molecule has 0 aliphatic heterocycles. The molecule has 1 aromatic heterocycles. The number of anilines is 1. The first-order chi connectivity index (χ1) is 5.27. The van der Waals surface area contributed by atoms with Crippen LogP contribution in [0.5, 0.6) is 0 Å². The number of hydrogen-bond acceptors (Lipinski definition) is 4. The van der Waals surface area contributed by atoms with Crippen LogP contribution in [-0.4, -0.2) is 17.0 Å². The minimum atomic E-state index is -0.839. The van der Waals surface area contributed by atoms with E-state index in [1.165, 1.54) is 0 Å². The predicted molar refractivity (Wildman–Crippen MR) is 36.3 cm³/mol. The maximum atomic E-state index is 12.3. The van der Waals surface area contributed by atoms with Gasteiger partial charge in [0.2, 0.25) is 0 Å². The zero-order valence-electron chi connectivity index (χ0n) is 5.80. The van der Waals surface area contributed by atoms with Gasteiger partial charge in [-0.1, -0.05) is 0 Å². The number of hydrogen-bond donors (Lipinski definition) is 1. The molecule has 0 aliphatic rings. The zero-order valence-corrected chi connectivity index (χ0v) is 5.80. The summed E-state index contributed by atoms with van der Waals surface area (Å²) in [5, 5.41) is 11.0. The molecule has 0 spiro atoms. The molecule has 0 amide bonds. The van der Waals surface area contributed by atoms with Crippen molar-refractivity contribution in [3.05, 3.63) is 17.8 Å². The van der Waals surface area contributed by atoms with E-state index in [-0.39, 0.29) is 11.4 Å². The highest BCUT2D eigenvalue weighted by Gasteiger charge is 2.02. The third-order valence-corrected chi connectivity index (χ3v) is 1.12. The summed E-state index contributed by atoms with van der Waals surface area (Å²) >= 11 is 0. The van der Waals surface area contributed by atoms with Crippen molar-refractivity contribution < 1.29 is 4.39 Å². The van der Waals surface area contributed by atoms with Gasteiger partial charge in [0.25, 0.3) is 0 Å². The average Bonchev–Trinajstić information content (AvgIpc) is 2.04. The van der Waals surface area contributed by atoms with Crippen LogP contribution in [0.25, 0.3) is 0 Å². The Morgan fingerprint density at radius 1 is 1.73 bits per heavy atom. The van der Waals surface area contributed by atoms with Crippen LogP contribution in [0.1, 0.15) is 5.56 Å². The van der Waals surface area contributed by atoms with E-state index >= 15 is 0 Å². The van der Waals surface area contributed by atoms with E-state index in [0.717, 1.165) is 6.20 Å². The highest BCUT2D eigenvalue weighted by Crippen LogP contribution is 2.07. The smallest absolute Gasteiger partial charge is 0.310 e. The van der Waals surface area contributed by atoms with Crippen molar-refractivity contribution in [3.63, 3.8) is 0 Å². The molecule has 1 aromatic rings. The van der Waals surface area contributed by atoms with Crippen LogP contribution in [0.15, 0.2) is 6.20 Å². The lowest BCUT2D eigenvalue weighted by Gasteiger charge is -1.98. The lowest BCUT2D eigenvalue weighted by Crippen LogP contribution is -1.99. The molecule has 0 aromatic carbocycles. The fourth-order valence-electron chi connectivity index (χ4n) is 0.633. The Kier molecular flexibility index (Phi) is 1.97. The van der Waals surface area contributed by atoms with Gasteiger partial charge in [0.1, 0.15) is 17.5 Å². The van der Waals surface area contributed by atoms with Crippen molar-refractivity contribution in [1.29, 1.82) is 5.26 Å². The largest absolute Gasteiger partial charge is 0.372 e. The fraction of sp³-hybridized carbons (Fsp3) is 0.167. The van der Waals surface area contributed by atoms with Gasteiger partial charge in [0.15, 0.2) is 0 Å². The molecule has 0 radical (unpaired) electrons. The van der Waals surface area contributed by atoms with Gasteiger partial charge in [-0.05, 0) is 0 Å². The number of nitrogens with one attached hydrogen (secondary N) is 1. The van der Waals surface area contributed by atoms with Crippen molar-refractivity contribution in [2.24, 2.45) is 0 Å². The number of halogens is 1. The molecular weight excluding hydrogens is 147 g/mol. The SMILES string of the molecule is CNc1nc(F)ncc1C#N. The molecule has 1 N–H and O–H groups in total. The molecule has 56 valence electrons. The van der Waals surface area contributed by atoms with Gasteiger partial charge >= 0.3 is 6.08 Å². The molecule has 0 saturated carbocycles. The first-order valence-electron chi connectivity index (χ1n) is 2.88. The maximum Gasteiger partial charge on any atom is 0.310 e. The Balaban J connectivity index is 3.19. The van der Waals surface area contributed by atoms with Crippen molar-refractivity contribution in [1.82, 2.24) is 9.97 Å². The third kappa shape index (κ3) is 1.41. The Bertz CT molecular complexity index is 304. The first kappa shape index (κ1) is 7.41. The van der Waals surface area contributed by atoms with E-state index in [1.54, 1.807) is 7.05 Å². The second-order valence-corrected chi connectivity index (χ2v) is 1.76. The highest BCUT2D eigenvalue weighted by molar-refractivity contribution is 5.49. The molecular formula is C6H5FN4. The van der Waals surface area contributed by atoms with Crippen LogP contribution >= 0.6 is 0 Å². The molecule has 0 fully saturated rings. The van der Waals surface area contributed by atoms with E-state index < -0.39 is 6.08 Å². The lowest BCUT2D eigenvalue weighted by molar-refractivity contribution is 0.540. The summed E-state index contributed by atoms with van der Waals surface area (Å²) in [6.45, 7) is 0. The van der Waals surface area contributed by atoms with Crippen LogP contribution in [0.2, 0.25) is 0 Å². The van der Waals surface area contributed by atoms with E-state index in [2.05, 4.69) is 15.3 Å². The molecule has 0 unspecified atom stereocenters. The summed E-state index contributed by atoms with van der Waals surface area (Å²) in [7, 11) is 1.56. The molecule has 5 heteroatoms. The molecule has 1 rings (SSSR count). The van der Waals surface area contributed by atoms with Crippen LogP contribution in [-0.2, 0) is 0 Å². The standard InChI is InChI=1S/C6H5FN4/c1-9-5-4(2-8)3-10-6(7)11-5/h3H,1H3,(H,9,10,11). The van der Waals surface area contributed by atoms with E-state index in [0.29, 0.717) is 0 Å². The third-order valence-electron chi connectivity index (χ3n) is 1.12. The lowest BCUT2D eigenvalue weighted by atomic mass is 10.3. The molecule has 0 aliphatic carbocycles. The van der Waals surface area contributed by atoms with E-state index in [9.17, 15) is 4.39 Å². The summed E-state index contributed by atoms with van der Waals surface area (Å²) in [5.74, 6) is 0.208. The summed E-state index contributed by atoms with van der Waals surface area (Å²) < 4.78 is 12.3. The monoisotopic (exact) mass is 152 g/mol. The van der Waals surface area contributed by atoms with Crippen LogP contribution in [0, 0.1) is 17.4 Å². The normalized spacial score (nSPS) is 8.82. The quantitative estimate of drug-likeness (QED) is 0.596. The number of aromatic nitrogens is 2. The van der Waals surface area contributed by atoms with Crippen LogP contribution in [0.3, 0.4) is 0 Å². The molecule has 0 atom stereocenters. The van der Waals surface area contributed by atoms with Gasteiger partial charge in [-0.25, -0.2) is 4.98 Å². The Morgan fingerprint density at radius 3 is 3.00 bits per heavy atom. The van der Waals surface area contributed by atoms with Gasteiger partial charge in [0.05, 0.1) is 6.20 Å². The van der Waals surface area contributed by atoms with Crippen molar-refractivity contribution in [2.75, 3.05) is 12.4 Å². The van der Waals surface area contributed by atoms with Crippen molar-refractivity contribution in [2.45, 2.75) is 0 Å². The van der Waals surface area contributed by atoms with Gasteiger partial charge in [-0.3, -0.25) is 0 Å². The number of rotatable bonds is 1. The van der Waals surface area contributed by atoms with Gasteiger partial charge in [-0.2, -0.15) is 14.6 Å². The molecule has 1 heterocycles. The van der Waals surface area contributed by atoms with Gasteiger partial charge in [-0.15, -0.1) is 0 Å². The second kappa shape index (κ2) is 2.92. The molecule has 0 saturated heterocycles. The van der Waals surface area contributed by atoms with Crippen molar-refractivity contribution >= 4 is 5.82 Å². The van der Waals surface area contributed by atoms with Crippen molar-refractivity contribution in [3.8, 4) is 6.07 Å².